The summed E-state index contributed by atoms with van der Waals surface area (Å²) in [6.07, 6.45) is 3.91. The van der Waals surface area contributed by atoms with Crippen LogP contribution in [-0.2, 0) is 13.1 Å². The summed E-state index contributed by atoms with van der Waals surface area (Å²) in [4.78, 5) is 13.7. The van der Waals surface area contributed by atoms with Crippen LogP contribution in [0.5, 0.6) is 0 Å². The number of rotatable bonds is 4. The van der Waals surface area contributed by atoms with Gasteiger partial charge in [0.15, 0.2) is 0 Å². The first-order valence-electron chi connectivity index (χ1n) is 9.76. The summed E-state index contributed by atoms with van der Waals surface area (Å²) >= 11 is 6.81. The Hall–Kier alpha value is -0.900. The van der Waals surface area contributed by atoms with E-state index in [-0.39, 0.29) is 0 Å². The van der Waals surface area contributed by atoms with Gasteiger partial charge in [0.1, 0.15) is 9.21 Å². The van der Waals surface area contributed by atoms with Gasteiger partial charge in [-0.15, -0.1) is 0 Å². The smallest absolute Gasteiger partial charge is 0.106 e. The Morgan fingerprint density at radius 1 is 0.679 bits per heavy atom. The lowest BCUT2D eigenvalue weighted by atomic mass is 10.2. The molecule has 0 radical (unpaired) electrons. The molecule has 8 heteroatoms. The van der Waals surface area contributed by atoms with Crippen LogP contribution < -0.4 is 10.6 Å². The van der Waals surface area contributed by atoms with Gasteiger partial charge in [0.25, 0.3) is 0 Å². The van der Waals surface area contributed by atoms with Crippen molar-refractivity contribution in [3.63, 3.8) is 0 Å². The lowest BCUT2D eigenvalue weighted by molar-refractivity contribution is 0.233. The van der Waals surface area contributed by atoms with Gasteiger partial charge in [-0.3, -0.25) is 9.80 Å². The Morgan fingerprint density at radius 3 is 1.39 bits per heavy atom. The number of nitrogens with zero attached hydrogens (tertiary/aromatic N) is 4. The van der Waals surface area contributed by atoms with Crippen molar-refractivity contribution < 1.29 is 0 Å². The molecular weight excluding hydrogens is 484 g/mol. The fraction of sp³-hybridized carbons (Fsp3) is 0.500. The van der Waals surface area contributed by atoms with Crippen molar-refractivity contribution in [3.8, 4) is 0 Å². The minimum absolute atomic E-state index is 0.886. The van der Waals surface area contributed by atoms with Gasteiger partial charge in [-0.1, -0.05) is 12.1 Å². The second-order valence-electron chi connectivity index (χ2n) is 7.03. The maximum absolute atomic E-state index is 4.34. The van der Waals surface area contributed by atoms with E-state index in [1.54, 1.807) is 0 Å². The average Bonchev–Trinajstić information content (AvgIpc) is 2.69. The van der Waals surface area contributed by atoms with Crippen molar-refractivity contribution in [2.75, 3.05) is 52.4 Å². The molecule has 0 aliphatic carbocycles. The van der Waals surface area contributed by atoms with E-state index in [2.05, 4.69) is 74.4 Å². The van der Waals surface area contributed by atoms with Crippen molar-refractivity contribution >= 4 is 31.9 Å². The van der Waals surface area contributed by atoms with Crippen molar-refractivity contribution in [1.82, 2.24) is 30.4 Å². The lowest BCUT2D eigenvalue weighted by Crippen LogP contribution is -2.42. The van der Waals surface area contributed by atoms with E-state index in [1.807, 2.05) is 24.5 Å². The van der Waals surface area contributed by atoms with E-state index in [4.69, 9.17) is 0 Å². The minimum Gasteiger partial charge on any atom is -0.314 e. The third-order valence-electron chi connectivity index (χ3n) is 4.81. The van der Waals surface area contributed by atoms with Gasteiger partial charge in [-0.05, 0) is 55.1 Å². The first-order chi connectivity index (χ1) is 13.7. The molecule has 0 bridgehead atoms. The molecule has 0 amide bonds. The number of halogens is 2. The van der Waals surface area contributed by atoms with Crippen LogP contribution in [-0.4, -0.2) is 72.1 Å². The summed E-state index contributed by atoms with van der Waals surface area (Å²) < 4.78 is 1.77. The Morgan fingerprint density at radius 2 is 1.07 bits per heavy atom. The summed E-state index contributed by atoms with van der Waals surface area (Å²) in [6, 6.07) is 8.31. The van der Waals surface area contributed by atoms with Gasteiger partial charge >= 0.3 is 0 Å². The molecule has 1 fully saturated rings. The van der Waals surface area contributed by atoms with Crippen LogP contribution in [0.15, 0.2) is 45.9 Å². The number of nitrogens with one attached hydrogen (secondary N) is 2. The number of aromatic nitrogens is 2. The normalized spacial score (nSPS) is 18.4. The number of hydrogen-bond donors (Lipinski definition) is 2. The van der Waals surface area contributed by atoms with Gasteiger partial charge in [-0.25, -0.2) is 9.97 Å². The molecule has 1 aliphatic heterocycles. The van der Waals surface area contributed by atoms with E-state index >= 15 is 0 Å². The van der Waals surface area contributed by atoms with Crippen LogP contribution in [0.3, 0.4) is 0 Å². The highest BCUT2D eigenvalue weighted by atomic mass is 79.9. The molecule has 2 N–H and O–H groups in total. The maximum atomic E-state index is 4.34. The average molecular weight is 512 g/mol. The minimum atomic E-state index is 0.886. The predicted octanol–water partition coefficient (Wildman–Crippen LogP) is 2.50. The molecule has 3 heterocycles. The van der Waals surface area contributed by atoms with Crippen LogP contribution in [0.25, 0.3) is 0 Å². The van der Waals surface area contributed by atoms with Crippen molar-refractivity contribution in [1.29, 1.82) is 0 Å². The van der Waals surface area contributed by atoms with E-state index in [9.17, 15) is 0 Å². The fourth-order valence-corrected chi connectivity index (χ4v) is 3.72. The predicted molar refractivity (Wildman–Crippen MR) is 120 cm³/mol. The molecule has 28 heavy (non-hydrogen) atoms. The second kappa shape index (κ2) is 11.9. The van der Waals surface area contributed by atoms with Gasteiger partial charge in [0.05, 0.1) is 0 Å². The SMILES string of the molecule is Brc1ccc(CN2CCNCCN(Cc3ccc(Br)nc3)CCNCC2)cn1. The Balaban J connectivity index is 1.47. The van der Waals surface area contributed by atoms with Crippen molar-refractivity contribution in [2.45, 2.75) is 13.1 Å². The zero-order chi connectivity index (χ0) is 19.6. The first-order valence-corrected chi connectivity index (χ1v) is 11.3. The molecule has 152 valence electrons. The maximum Gasteiger partial charge on any atom is 0.106 e. The molecule has 1 saturated heterocycles. The monoisotopic (exact) mass is 510 g/mol. The van der Waals surface area contributed by atoms with E-state index in [0.717, 1.165) is 74.7 Å². The van der Waals surface area contributed by atoms with Crippen LogP contribution in [0.1, 0.15) is 11.1 Å². The topological polar surface area (TPSA) is 56.3 Å². The first kappa shape index (κ1) is 21.8. The molecule has 0 spiro atoms. The number of hydrogen-bond acceptors (Lipinski definition) is 6. The molecule has 1 aliphatic rings. The van der Waals surface area contributed by atoms with Crippen LogP contribution >= 0.6 is 31.9 Å². The van der Waals surface area contributed by atoms with Gasteiger partial charge in [0, 0.05) is 77.8 Å². The fourth-order valence-electron chi connectivity index (χ4n) is 3.25. The Bertz CT molecular complexity index is 621. The zero-order valence-electron chi connectivity index (χ0n) is 16.1. The highest BCUT2D eigenvalue weighted by molar-refractivity contribution is 9.10. The van der Waals surface area contributed by atoms with Crippen LogP contribution in [0.4, 0.5) is 0 Å². The molecule has 0 unspecified atom stereocenters. The molecule has 6 nitrogen and oxygen atoms in total. The Labute approximate surface area is 184 Å². The second-order valence-corrected chi connectivity index (χ2v) is 8.66. The summed E-state index contributed by atoms with van der Waals surface area (Å²) in [7, 11) is 0. The van der Waals surface area contributed by atoms with E-state index < -0.39 is 0 Å². The molecule has 3 rings (SSSR count). The van der Waals surface area contributed by atoms with Crippen LogP contribution in [0.2, 0.25) is 0 Å². The summed E-state index contributed by atoms with van der Waals surface area (Å²) in [5, 5.41) is 7.21. The molecule has 0 atom stereocenters. The quantitative estimate of drug-likeness (QED) is 0.615. The standard InChI is InChI=1S/C20H28Br2N6/c21-19-3-1-17(13-25-19)15-27-9-5-23-7-11-28(12-8-24-6-10-27)16-18-2-4-20(22)26-14-18/h1-4,13-14,23-24H,5-12,15-16H2. The van der Waals surface area contributed by atoms with E-state index in [0.29, 0.717) is 0 Å². The third kappa shape index (κ3) is 7.85. The largest absolute Gasteiger partial charge is 0.314 e. The molecular formula is C20H28Br2N6. The van der Waals surface area contributed by atoms with Gasteiger partial charge in [0.2, 0.25) is 0 Å². The summed E-state index contributed by atoms with van der Waals surface area (Å²) in [5.41, 5.74) is 2.51. The van der Waals surface area contributed by atoms with Gasteiger partial charge in [-0.2, -0.15) is 0 Å². The molecule has 2 aromatic rings. The van der Waals surface area contributed by atoms with Crippen LogP contribution in [0, 0.1) is 0 Å². The highest BCUT2D eigenvalue weighted by Gasteiger charge is 2.10. The summed E-state index contributed by atoms with van der Waals surface area (Å²) in [5.74, 6) is 0. The zero-order valence-corrected chi connectivity index (χ0v) is 19.3. The van der Waals surface area contributed by atoms with E-state index in [1.165, 1.54) is 11.1 Å². The Kier molecular flexibility index (Phi) is 9.30. The van der Waals surface area contributed by atoms with Gasteiger partial charge < -0.3 is 10.6 Å². The molecule has 2 aromatic heterocycles. The van der Waals surface area contributed by atoms with Crippen molar-refractivity contribution in [2.24, 2.45) is 0 Å². The molecule has 0 aromatic carbocycles. The number of pyridine rings is 2. The third-order valence-corrected chi connectivity index (χ3v) is 5.75. The van der Waals surface area contributed by atoms with Crippen molar-refractivity contribution in [3.05, 3.63) is 57.0 Å². The highest BCUT2D eigenvalue weighted by Crippen LogP contribution is 2.10. The lowest BCUT2D eigenvalue weighted by Gasteiger charge is -2.26. The summed E-state index contributed by atoms with van der Waals surface area (Å²) in [6.45, 7) is 10.0. The molecule has 0 saturated carbocycles.